The van der Waals surface area contributed by atoms with Gasteiger partial charge in [0.25, 0.3) is 0 Å². The van der Waals surface area contributed by atoms with E-state index in [1.807, 2.05) is 25.1 Å². The van der Waals surface area contributed by atoms with Gasteiger partial charge in [0.1, 0.15) is 12.4 Å². The first-order chi connectivity index (χ1) is 7.69. The van der Waals surface area contributed by atoms with Crippen LogP contribution in [0.1, 0.15) is 18.1 Å². The molecule has 16 heavy (non-hydrogen) atoms. The molecule has 0 aromatic heterocycles. The Morgan fingerprint density at radius 2 is 2.12 bits per heavy atom. The number of benzene rings is 1. The van der Waals surface area contributed by atoms with E-state index in [-0.39, 0.29) is 0 Å². The van der Waals surface area contributed by atoms with Crippen LogP contribution in [0.25, 0.3) is 0 Å². The van der Waals surface area contributed by atoms with Gasteiger partial charge in [-0.3, -0.25) is 0 Å². The van der Waals surface area contributed by atoms with Crippen molar-refractivity contribution in [3.8, 4) is 5.75 Å². The molecule has 0 atom stereocenters. The zero-order chi connectivity index (χ0) is 12.0. The lowest BCUT2D eigenvalue weighted by atomic mass is 10.1. The van der Waals surface area contributed by atoms with Crippen molar-refractivity contribution in [2.45, 2.75) is 13.8 Å². The van der Waals surface area contributed by atoms with E-state index in [1.54, 1.807) is 14.0 Å². The molecule has 4 nitrogen and oxygen atoms in total. The highest BCUT2D eigenvalue weighted by Crippen LogP contribution is 2.20. The number of nitrogens with zero attached hydrogens (tertiary/aromatic N) is 1. The average Bonchev–Trinajstić information content (AvgIpc) is 2.30. The Hall–Kier alpha value is -1.55. The van der Waals surface area contributed by atoms with E-state index in [2.05, 4.69) is 5.16 Å². The van der Waals surface area contributed by atoms with E-state index < -0.39 is 0 Å². The molecule has 1 rings (SSSR count). The quantitative estimate of drug-likeness (QED) is 0.360. The van der Waals surface area contributed by atoms with Crippen LogP contribution in [0.3, 0.4) is 0 Å². The molecule has 0 spiro atoms. The summed E-state index contributed by atoms with van der Waals surface area (Å²) in [6.45, 7) is 4.72. The van der Waals surface area contributed by atoms with E-state index in [0.717, 1.165) is 11.1 Å². The molecule has 0 heterocycles. The summed E-state index contributed by atoms with van der Waals surface area (Å²) in [6, 6.07) is 5.75. The van der Waals surface area contributed by atoms with Crippen LogP contribution in [0, 0.1) is 6.92 Å². The molecular formula is C12H17NO3. The summed E-state index contributed by atoms with van der Waals surface area (Å²) in [5.74, 6) is 0.706. The predicted molar refractivity (Wildman–Crippen MR) is 62.5 cm³/mol. The molecule has 0 bridgehead atoms. The van der Waals surface area contributed by atoms with Gasteiger partial charge in [-0.2, -0.15) is 0 Å². The SMILES string of the molecule is COCCOc1ccc(C)cc1/C(C)=N/O. The third-order valence-corrected chi connectivity index (χ3v) is 2.22. The highest BCUT2D eigenvalue weighted by molar-refractivity contribution is 6.00. The molecule has 1 aromatic carbocycles. The number of ether oxygens (including phenoxy) is 2. The molecular weight excluding hydrogens is 206 g/mol. The molecule has 0 aliphatic carbocycles. The Bertz CT molecular complexity index is 375. The van der Waals surface area contributed by atoms with Crippen molar-refractivity contribution >= 4 is 5.71 Å². The Labute approximate surface area is 95.5 Å². The summed E-state index contributed by atoms with van der Waals surface area (Å²) in [7, 11) is 1.62. The van der Waals surface area contributed by atoms with Crippen molar-refractivity contribution in [3.63, 3.8) is 0 Å². The molecule has 0 saturated heterocycles. The van der Waals surface area contributed by atoms with Gasteiger partial charge in [-0.15, -0.1) is 0 Å². The Balaban J connectivity index is 2.89. The lowest BCUT2D eigenvalue weighted by Gasteiger charge is -2.11. The van der Waals surface area contributed by atoms with Crippen molar-refractivity contribution in [3.05, 3.63) is 29.3 Å². The molecule has 0 unspecified atom stereocenters. The fraction of sp³-hybridized carbons (Fsp3) is 0.417. The highest BCUT2D eigenvalue weighted by atomic mass is 16.5. The first-order valence-electron chi connectivity index (χ1n) is 5.10. The van der Waals surface area contributed by atoms with E-state index in [1.165, 1.54) is 0 Å². The smallest absolute Gasteiger partial charge is 0.128 e. The second-order valence-electron chi connectivity index (χ2n) is 3.53. The van der Waals surface area contributed by atoms with Crippen LogP contribution in [0.2, 0.25) is 0 Å². The number of hydrogen-bond donors (Lipinski definition) is 1. The zero-order valence-electron chi connectivity index (χ0n) is 9.86. The van der Waals surface area contributed by atoms with Gasteiger partial charge >= 0.3 is 0 Å². The Morgan fingerprint density at radius 1 is 1.38 bits per heavy atom. The van der Waals surface area contributed by atoms with Crippen LogP contribution in [0.5, 0.6) is 5.75 Å². The van der Waals surface area contributed by atoms with Crippen molar-refractivity contribution in [1.82, 2.24) is 0 Å². The van der Waals surface area contributed by atoms with Crippen molar-refractivity contribution < 1.29 is 14.7 Å². The lowest BCUT2D eigenvalue weighted by Crippen LogP contribution is -2.08. The topological polar surface area (TPSA) is 51.0 Å². The second kappa shape index (κ2) is 6.12. The zero-order valence-corrected chi connectivity index (χ0v) is 9.86. The van der Waals surface area contributed by atoms with Gasteiger partial charge < -0.3 is 14.7 Å². The third kappa shape index (κ3) is 3.24. The van der Waals surface area contributed by atoms with Crippen LogP contribution in [-0.4, -0.2) is 31.2 Å². The maximum absolute atomic E-state index is 8.78. The molecule has 0 aliphatic rings. The number of methoxy groups -OCH3 is 1. The van der Waals surface area contributed by atoms with Crippen LogP contribution in [-0.2, 0) is 4.74 Å². The van der Waals surface area contributed by atoms with Crippen LogP contribution in [0.4, 0.5) is 0 Å². The van der Waals surface area contributed by atoms with Crippen molar-refractivity contribution in [1.29, 1.82) is 0 Å². The largest absolute Gasteiger partial charge is 0.490 e. The molecule has 0 radical (unpaired) electrons. The molecule has 1 N–H and O–H groups in total. The monoisotopic (exact) mass is 223 g/mol. The van der Waals surface area contributed by atoms with Gasteiger partial charge in [0.15, 0.2) is 0 Å². The Morgan fingerprint density at radius 3 is 2.75 bits per heavy atom. The van der Waals surface area contributed by atoms with Crippen LogP contribution in [0.15, 0.2) is 23.4 Å². The summed E-state index contributed by atoms with van der Waals surface area (Å²) in [4.78, 5) is 0. The van der Waals surface area contributed by atoms with Gasteiger partial charge in [-0.1, -0.05) is 16.8 Å². The van der Waals surface area contributed by atoms with Gasteiger partial charge in [-0.05, 0) is 26.0 Å². The fourth-order valence-corrected chi connectivity index (χ4v) is 1.34. The average molecular weight is 223 g/mol. The van der Waals surface area contributed by atoms with E-state index >= 15 is 0 Å². The molecule has 0 fully saturated rings. The minimum atomic E-state index is 0.477. The third-order valence-electron chi connectivity index (χ3n) is 2.22. The molecule has 4 heteroatoms. The first kappa shape index (κ1) is 12.5. The normalized spacial score (nSPS) is 11.6. The predicted octanol–water partition coefficient (Wildman–Crippen LogP) is 2.22. The lowest BCUT2D eigenvalue weighted by molar-refractivity contribution is 0.146. The summed E-state index contributed by atoms with van der Waals surface area (Å²) in [5, 5.41) is 12.0. The number of aryl methyl sites for hydroxylation is 1. The minimum absolute atomic E-state index is 0.477. The molecule has 0 aliphatic heterocycles. The fourth-order valence-electron chi connectivity index (χ4n) is 1.34. The standard InChI is InChI=1S/C12H17NO3/c1-9-4-5-12(16-7-6-15-3)11(8-9)10(2)13-14/h4-5,8,14H,6-7H2,1-3H3/b13-10+. The molecule has 0 amide bonds. The molecule has 88 valence electrons. The molecule has 0 saturated carbocycles. The Kier molecular flexibility index (Phi) is 4.79. The highest BCUT2D eigenvalue weighted by Gasteiger charge is 2.07. The van der Waals surface area contributed by atoms with Gasteiger partial charge in [0.05, 0.1) is 12.3 Å². The number of oxime groups is 1. The summed E-state index contributed by atoms with van der Waals surface area (Å²) < 4.78 is 10.4. The first-order valence-corrected chi connectivity index (χ1v) is 5.10. The van der Waals surface area contributed by atoms with Crippen LogP contribution >= 0.6 is 0 Å². The van der Waals surface area contributed by atoms with Crippen LogP contribution < -0.4 is 4.74 Å². The number of rotatable bonds is 5. The van der Waals surface area contributed by atoms with Gasteiger partial charge in [0.2, 0.25) is 0 Å². The molecule has 1 aromatic rings. The van der Waals surface area contributed by atoms with E-state index in [9.17, 15) is 0 Å². The summed E-state index contributed by atoms with van der Waals surface area (Å²) in [6.07, 6.45) is 0. The maximum atomic E-state index is 8.78. The summed E-state index contributed by atoms with van der Waals surface area (Å²) in [5.41, 5.74) is 2.44. The van der Waals surface area contributed by atoms with Crippen molar-refractivity contribution in [2.24, 2.45) is 5.16 Å². The minimum Gasteiger partial charge on any atom is -0.490 e. The number of hydrogen-bond acceptors (Lipinski definition) is 4. The van der Waals surface area contributed by atoms with E-state index in [0.29, 0.717) is 24.7 Å². The van der Waals surface area contributed by atoms with E-state index in [4.69, 9.17) is 14.7 Å². The summed E-state index contributed by atoms with van der Waals surface area (Å²) >= 11 is 0. The van der Waals surface area contributed by atoms with Gasteiger partial charge in [-0.25, -0.2) is 0 Å². The van der Waals surface area contributed by atoms with Gasteiger partial charge in [0, 0.05) is 12.7 Å². The maximum Gasteiger partial charge on any atom is 0.128 e. The van der Waals surface area contributed by atoms with Crippen molar-refractivity contribution in [2.75, 3.05) is 20.3 Å². The second-order valence-corrected chi connectivity index (χ2v) is 3.53.